The standard InChI is InChI=1S/C20H27N5O2S/c1-2-18-23-24-20(28-18)22-17-5-3-4-16(21-17)14-6-10-25(11-7-14)19(26)15-8-12-27-13-9-15/h3-5,14-15H,2,6-13H2,1H3,(H,21,22,24). The van der Waals surface area contributed by atoms with Crippen LogP contribution in [-0.4, -0.2) is 52.3 Å². The number of anilines is 2. The molecule has 1 N–H and O–H groups in total. The fourth-order valence-electron chi connectivity index (χ4n) is 3.90. The van der Waals surface area contributed by atoms with E-state index in [9.17, 15) is 4.79 Å². The SMILES string of the molecule is CCc1nnc(Nc2cccc(C3CCN(C(=O)C4CCOCC4)CC3)n2)s1. The third kappa shape index (κ3) is 4.50. The van der Waals surface area contributed by atoms with Crippen LogP contribution >= 0.6 is 11.3 Å². The summed E-state index contributed by atoms with van der Waals surface area (Å²) in [4.78, 5) is 19.6. The lowest BCUT2D eigenvalue weighted by atomic mass is 9.91. The Hall–Kier alpha value is -2.06. The molecule has 28 heavy (non-hydrogen) atoms. The highest BCUT2D eigenvalue weighted by Crippen LogP contribution is 2.30. The van der Waals surface area contributed by atoms with Gasteiger partial charge < -0.3 is 15.0 Å². The van der Waals surface area contributed by atoms with E-state index in [0.717, 1.165) is 66.8 Å². The van der Waals surface area contributed by atoms with Gasteiger partial charge >= 0.3 is 0 Å². The van der Waals surface area contributed by atoms with E-state index in [1.165, 1.54) is 0 Å². The fourth-order valence-corrected chi connectivity index (χ4v) is 4.59. The Morgan fingerprint density at radius 3 is 2.71 bits per heavy atom. The van der Waals surface area contributed by atoms with Crippen molar-refractivity contribution in [3.8, 4) is 0 Å². The Morgan fingerprint density at radius 1 is 1.21 bits per heavy atom. The van der Waals surface area contributed by atoms with Crippen molar-refractivity contribution in [2.24, 2.45) is 5.92 Å². The number of rotatable bonds is 5. The Morgan fingerprint density at radius 2 is 2.00 bits per heavy atom. The molecular formula is C20H27N5O2S. The Bertz CT molecular complexity index is 797. The minimum absolute atomic E-state index is 0.149. The molecule has 0 unspecified atom stereocenters. The fraction of sp³-hybridized carbons (Fsp3) is 0.600. The first-order chi connectivity index (χ1) is 13.7. The second-order valence-corrected chi connectivity index (χ2v) is 8.48. The summed E-state index contributed by atoms with van der Waals surface area (Å²) in [6.07, 6.45) is 4.53. The van der Waals surface area contributed by atoms with Gasteiger partial charge in [-0.25, -0.2) is 4.98 Å². The quantitative estimate of drug-likeness (QED) is 0.827. The van der Waals surface area contributed by atoms with E-state index < -0.39 is 0 Å². The first-order valence-corrected chi connectivity index (χ1v) is 11.0. The first kappa shape index (κ1) is 19.3. The van der Waals surface area contributed by atoms with Crippen molar-refractivity contribution in [2.45, 2.75) is 44.9 Å². The third-order valence-electron chi connectivity index (χ3n) is 5.57. The van der Waals surface area contributed by atoms with Gasteiger partial charge in [-0.2, -0.15) is 0 Å². The lowest BCUT2D eigenvalue weighted by Crippen LogP contribution is -2.42. The molecule has 8 heteroatoms. The summed E-state index contributed by atoms with van der Waals surface area (Å²) in [5.41, 5.74) is 1.09. The number of ether oxygens (including phenoxy) is 1. The Labute approximate surface area is 169 Å². The molecule has 0 atom stereocenters. The van der Waals surface area contributed by atoms with Crippen molar-refractivity contribution in [3.05, 3.63) is 28.9 Å². The van der Waals surface area contributed by atoms with E-state index in [4.69, 9.17) is 9.72 Å². The van der Waals surface area contributed by atoms with Crippen molar-refractivity contribution in [1.29, 1.82) is 0 Å². The molecule has 0 bridgehead atoms. The average Bonchev–Trinajstić information content (AvgIpc) is 3.22. The van der Waals surface area contributed by atoms with Crippen LogP contribution in [0.2, 0.25) is 0 Å². The Kier molecular flexibility index (Phi) is 6.17. The van der Waals surface area contributed by atoms with E-state index in [1.54, 1.807) is 11.3 Å². The number of hydrogen-bond acceptors (Lipinski definition) is 7. The van der Waals surface area contributed by atoms with Gasteiger partial charge in [-0.15, -0.1) is 10.2 Å². The number of nitrogens with zero attached hydrogens (tertiary/aromatic N) is 4. The number of aryl methyl sites for hydroxylation is 1. The second-order valence-electron chi connectivity index (χ2n) is 7.41. The van der Waals surface area contributed by atoms with Crippen LogP contribution in [0.1, 0.15) is 49.2 Å². The molecule has 2 saturated heterocycles. The lowest BCUT2D eigenvalue weighted by Gasteiger charge is -2.35. The lowest BCUT2D eigenvalue weighted by molar-refractivity contribution is -0.139. The summed E-state index contributed by atoms with van der Waals surface area (Å²) >= 11 is 1.56. The number of nitrogens with one attached hydrogen (secondary N) is 1. The highest BCUT2D eigenvalue weighted by atomic mass is 32.1. The van der Waals surface area contributed by atoms with Crippen molar-refractivity contribution < 1.29 is 9.53 Å². The number of pyridine rings is 1. The van der Waals surface area contributed by atoms with Crippen molar-refractivity contribution in [2.75, 3.05) is 31.6 Å². The van der Waals surface area contributed by atoms with Crippen LogP contribution in [0.3, 0.4) is 0 Å². The molecule has 0 aromatic carbocycles. The zero-order valence-corrected chi connectivity index (χ0v) is 17.1. The van der Waals surface area contributed by atoms with Crippen LogP contribution in [0.25, 0.3) is 0 Å². The summed E-state index contributed by atoms with van der Waals surface area (Å²) in [6.45, 7) is 5.13. The maximum atomic E-state index is 12.7. The Balaban J connectivity index is 1.34. The molecule has 4 rings (SSSR count). The number of carbonyl (C=O) groups is 1. The van der Waals surface area contributed by atoms with Gasteiger partial charge in [0.25, 0.3) is 0 Å². The smallest absolute Gasteiger partial charge is 0.225 e. The van der Waals surface area contributed by atoms with Gasteiger partial charge in [-0.05, 0) is 44.2 Å². The molecule has 0 aliphatic carbocycles. The second kappa shape index (κ2) is 8.96. The van der Waals surface area contributed by atoms with Gasteiger partial charge in [0, 0.05) is 43.8 Å². The molecule has 2 aromatic heterocycles. The number of amides is 1. The van der Waals surface area contributed by atoms with Crippen LogP contribution in [0.15, 0.2) is 18.2 Å². The van der Waals surface area contributed by atoms with Crippen LogP contribution in [0, 0.1) is 5.92 Å². The van der Waals surface area contributed by atoms with E-state index >= 15 is 0 Å². The predicted molar refractivity (Wildman–Crippen MR) is 109 cm³/mol. The third-order valence-corrected chi connectivity index (χ3v) is 6.55. The summed E-state index contributed by atoms with van der Waals surface area (Å²) in [5.74, 6) is 1.65. The number of likely N-dealkylation sites (tertiary alicyclic amines) is 1. The van der Waals surface area contributed by atoms with Gasteiger partial charge in [0.05, 0.1) is 0 Å². The molecule has 2 aliphatic heterocycles. The number of carbonyl (C=O) groups excluding carboxylic acids is 1. The van der Waals surface area contributed by atoms with Crippen molar-refractivity contribution >= 4 is 28.2 Å². The first-order valence-electron chi connectivity index (χ1n) is 10.2. The normalized spacial score (nSPS) is 19.0. The van der Waals surface area contributed by atoms with Crippen LogP contribution in [0.4, 0.5) is 10.9 Å². The molecule has 2 aromatic rings. The zero-order valence-electron chi connectivity index (χ0n) is 16.3. The van der Waals surface area contributed by atoms with Crippen molar-refractivity contribution in [3.63, 3.8) is 0 Å². The van der Waals surface area contributed by atoms with E-state index in [2.05, 4.69) is 28.5 Å². The largest absolute Gasteiger partial charge is 0.381 e. The molecule has 0 radical (unpaired) electrons. The molecule has 0 spiro atoms. The molecule has 0 saturated carbocycles. The average molecular weight is 402 g/mol. The molecular weight excluding hydrogens is 374 g/mol. The van der Waals surface area contributed by atoms with E-state index in [0.29, 0.717) is 25.0 Å². The van der Waals surface area contributed by atoms with Gasteiger partial charge in [0.1, 0.15) is 10.8 Å². The molecule has 2 aliphatic rings. The van der Waals surface area contributed by atoms with Gasteiger partial charge in [0.15, 0.2) is 0 Å². The zero-order chi connectivity index (χ0) is 19.3. The molecule has 150 valence electrons. The summed E-state index contributed by atoms with van der Waals surface area (Å²) in [7, 11) is 0. The van der Waals surface area contributed by atoms with Gasteiger partial charge in [0.2, 0.25) is 11.0 Å². The molecule has 1 amide bonds. The van der Waals surface area contributed by atoms with Crippen molar-refractivity contribution in [1.82, 2.24) is 20.1 Å². The number of aromatic nitrogens is 3. The van der Waals surface area contributed by atoms with Gasteiger partial charge in [-0.1, -0.05) is 24.3 Å². The summed E-state index contributed by atoms with van der Waals surface area (Å²) in [6, 6.07) is 6.08. The highest BCUT2D eigenvalue weighted by molar-refractivity contribution is 7.15. The van der Waals surface area contributed by atoms with Crippen LogP contribution in [-0.2, 0) is 16.0 Å². The monoisotopic (exact) mass is 401 g/mol. The highest BCUT2D eigenvalue weighted by Gasteiger charge is 2.30. The maximum Gasteiger partial charge on any atom is 0.225 e. The minimum Gasteiger partial charge on any atom is -0.381 e. The number of hydrogen-bond donors (Lipinski definition) is 1. The minimum atomic E-state index is 0.149. The van der Waals surface area contributed by atoms with Crippen LogP contribution in [0.5, 0.6) is 0 Å². The topological polar surface area (TPSA) is 80.2 Å². The van der Waals surface area contributed by atoms with E-state index in [1.807, 2.05) is 17.0 Å². The maximum absolute atomic E-state index is 12.7. The summed E-state index contributed by atoms with van der Waals surface area (Å²) in [5, 5.41) is 13.4. The molecule has 7 nitrogen and oxygen atoms in total. The molecule has 4 heterocycles. The van der Waals surface area contributed by atoms with Crippen LogP contribution < -0.4 is 5.32 Å². The predicted octanol–water partition coefficient (Wildman–Crippen LogP) is 3.37. The summed E-state index contributed by atoms with van der Waals surface area (Å²) < 4.78 is 5.38. The van der Waals surface area contributed by atoms with Gasteiger partial charge in [-0.3, -0.25) is 4.79 Å². The van der Waals surface area contributed by atoms with E-state index in [-0.39, 0.29) is 5.92 Å². The molecule has 2 fully saturated rings. The number of piperidine rings is 1.